The lowest BCUT2D eigenvalue weighted by atomic mass is 10.2. The summed E-state index contributed by atoms with van der Waals surface area (Å²) in [5, 5.41) is 2.77. The van der Waals surface area contributed by atoms with Gasteiger partial charge in [-0.25, -0.2) is 0 Å². The molecule has 0 heterocycles. The topological polar surface area (TPSA) is 29.1 Å². The molecule has 1 atom stereocenters. The van der Waals surface area contributed by atoms with Crippen molar-refractivity contribution in [3.8, 4) is 0 Å². The third kappa shape index (κ3) is 6.92. The van der Waals surface area contributed by atoms with Crippen LogP contribution in [0, 0.1) is 0 Å². The second-order valence-corrected chi connectivity index (χ2v) is 4.25. The average molecular weight is 221 g/mol. The van der Waals surface area contributed by atoms with Crippen molar-refractivity contribution >= 4 is 5.91 Å². The molecule has 0 aromatic rings. The van der Waals surface area contributed by atoms with E-state index in [9.17, 15) is 4.79 Å². The van der Waals surface area contributed by atoms with Crippen LogP contribution in [0.3, 0.4) is 0 Å². The minimum Gasteiger partial charge on any atom is -1.00 e. The molecule has 3 nitrogen and oxygen atoms in total. The zero-order valence-corrected chi connectivity index (χ0v) is 10.3. The predicted octanol–water partition coefficient (Wildman–Crippen LogP) is -2.22. The summed E-state index contributed by atoms with van der Waals surface area (Å²) in [5.74, 6) is -0.0893. The number of halogens is 1. The highest BCUT2D eigenvalue weighted by Crippen LogP contribution is 2.04. The molecule has 4 heteroatoms. The van der Waals surface area contributed by atoms with Crippen molar-refractivity contribution in [1.29, 1.82) is 0 Å². The number of hydrogen-bond donors (Lipinski definition) is 1. The number of nitrogens with one attached hydrogen (secondary N) is 1. The molecule has 0 aromatic heterocycles. The van der Waals surface area contributed by atoms with E-state index < -0.39 is 0 Å². The van der Waals surface area contributed by atoms with Crippen LogP contribution in [0.25, 0.3) is 0 Å². The van der Waals surface area contributed by atoms with Gasteiger partial charge in [0.25, 0.3) is 0 Å². The van der Waals surface area contributed by atoms with Gasteiger partial charge in [0.15, 0.2) is 0 Å². The van der Waals surface area contributed by atoms with Gasteiger partial charge in [0, 0.05) is 13.0 Å². The fourth-order valence-electron chi connectivity index (χ4n) is 0.864. The van der Waals surface area contributed by atoms with E-state index in [2.05, 4.69) is 40.0 Å². The van der Waals surface area contributed by atoms with E-state index in [0.29, 0.717) is 6.04 Å². The van der Waals surface area contributed by atoms with Crippen LogP contribution in [-0.2, 0) is 4.79 Å². The lowest BCUT2D eigenvalue weighted by Crippen LogP contribution is -3.00. The fourth-order valence-corrected chi connectivity index (χ4v) is 0.864. The Morgan fingerprint density at radius 1 is 1.50 bits per heavy atom. The van der Waals surface area contributed by atoms with Crippen LogP contribution in [0.2, 0.25) is 0 Å². The SMILES string of the molecule is C=CC(=O)NCCC(C)[N+](C)(C)C.[Cl-]. The Bertz CT molecular complexity index is 187. The van der Waals surface area contributed by atoms with Crippen molar-refractivity contribution in [2.24, 2.45) is 0 Å². The van der Waals surface area contributed by atoms with E-state index in [1.807, 2.05) is 0 Å². The molecule has 0 spiro atoms. The standard InChI is InChI=1S/C10H20N2O.ClH/c1-6-10(13)11-8-7-9(2)12(3,4)5;/h6,9H,1,7-8H2,2-5H3;1H. The van der Waals surface area contributed by atoms with E-state index in [1.165, 1.54) is 6.08 Å². The number of nitrogens with zero attached hydrogens (tertiary/aromatic N) is 1. The summed E-state index contributed by atoms with van der Waals surface area (Å²) in [6.07, 6.45) is 2.29. The quantitative estimate of drug-likeness (QED) is 0.413. The lowest BCUT2D eigenvalue weighted by Gasteiger charge is -2.31. The van der Waals surface area contributed by atoms with E-state index >= 15 is 0 Å². The minimum atomic E-state index is -0.0893. The van der Waals surface area contributed by atoms with Crippen LogP contribution in [0.1, 0.15) is 13.3 Å². The minimum absolute atomic E-state index is 0. The Morgan fingerprint density at radius 2 is 2.00 bits per heavy atom. The number of amides is 1. The van der Waals surface area contributed by atoms with Crippen molar-refractivity contribution in [3.63, 3.8) is 0 Å². The first-order chi connectivity index (χ1) is 5.88. The van der Waals surface area contributed by atoms with Crippen molar-refractivity contribution in [1.82, 2.24) is 5.32 Å². The Hall–Kier alpha value is -0.540. The summed E-state index contributed by atoms with van der Waals surface area (Å²) >= 11 is 0. The third-order valence-corrected chi connectivity index (χ3v) is 2.37. The van der Waals surface area contributed by atoms with Crippen molar-refractivity contribution < 1.29 is 21.7 Å². The number of quaternary nitrogens is 1. The van der Waals surface area contributed by atoms with Crippen molar-refractivity contribution in [3.05, 3.63) is 12.7 Å². The van der Waals surface area contributed by atoms with Gasteiger partial charge in [0.05, 0.1) is 27.2 Å². The van der Waals surface area contributed by atoms with E-state index in [1.54, 1.807) is 0 Å². The van der Waals surface area contributed by atoms with Gasteiger partial charge >= 0.3 is 0 Å². The molecular formula is C10H21ClN2O. The maximum atomic E-state index is 10.8. The molecule has 0 aliphatic heterocycles. The smallest absolute Gasteiger partial charge is 0.243 e. The Labute approximate surface area is 93.2 Å². The molecule has 0 saturated carbocycles. The third-order valence-electron chi connectivity index (χ3n) is 2.37. The van der Waals surface area contributed by atoms with Gasteiger partial charge in [0.2, 0.25) is 5.91 Å². The summed E-state index contributed by atoms with van der Waals surface area (Å²) in [4.78, 5) is 10.8. The van der Waals surface area contributed by atoms with Gasteiger partial charge in [-0.3, -0.25) is 4.79 Å². The second kappa shape index (κ2) is 6.85. The summed E-state index contributed by atoms with van der Waals surface area (Å²) in [6, 6.07) is 0.546. The first kappa shape index (κ1) is 15.9. The Balaban J connectivity index is 0. The predicted molar refractivity (Wildman–Crippen MR) is 55.3 cm³/mol. The molecule has 0 aliphatic carbocycles. The van der Waals surface area contributed by atoms with Gasteiger partial charge in [-0.2, -0.15) is 0 Å². The summed E-state index contributed by atoms with van der Waals surface area (Å²) < 4.78 is 0.921. The van der Waals surface area contributed by atoms with E-state index in [-0.39, 0.29) is 18.3 Å². The van der Waals surface area contributed by atoms with Crippen molar-refractivity contribution in [2.75, 3.05) is 27.7 Å². The van der Waals surface area contributed by atoms with Crippen LogP contribution in [0.15, 0.2) is 12.7 Å². The molecule has 0 rings (SSSR count). The molecule has 0 bridgehead atoms. The molecule has 0 aliphatic rings. The molecule has 1 N–H and O–H groups in total. The monoisotopic (exact) mass is 220 g/mol. The average Bonchev–Trinajstić information content (AvgIpc) is 2.02. The molecule has 0 fully saturated rings. The molecule has 1 unspecified atom stereocenters. The molecule has 1 amide bonds. The van der Waals surface area contributed by atoms with Gasteiger partial charge < -0.3 is 22.2 Å². The maximum absolute atomic E-state index is 10.8. The first-order valence-corrected chi connectivity index (χ1v) is 4.59. The summed E-state index contributed by atoms with van der Waals surface area (Å²) in [6.45, 7) is 6.30. The molecule has 0 radical (unpaired) electrons. The lowest BCUT2D eigenvalue weighted by molar-refractivity contribution is -0.894. The van der Waals surface area contributed by atoms with E-state index in [4.69, 9.17) is 0 Å². The largest absolute Gasteiger partial charge is 1.00 e. The fraction of sp³-hybridized carbons (Fsp3) is 0.700. The van der Waals surface area contributed by atoms with Crippen LogP contribution >= 0.6 is 0 Å². The number of hydrogen-bond acceptors (Lipinski definition) is 1. The summed E-state index contributed by atoms with van der Waals surface area (Å²) in [7, 11) is 6.46. The molecular weight excluding hydrogens is 200 g/mol. The highest BCUT2D eigenvalue weighted by atomic mass is 35.5. The van der Waals surface area contributed by atoms with Gasteiger partial charge in [-0.05, 0) is 13.0 Å². The molecule has 84 valence electrons. The second-order valence-electron chi connectivity index (χ2n) is 4.25. The molecule has 14 heavy (non-hydrogen) atoms. The maximum Gasteiger partial charge on any atom is 0.243 e. The van der Waals surface area contributed by atoms with Crippen LogP contribution in [0.4, 0.5) is 0 Å². The van der Waals surface area contributed by atoms with Gasteiger partial charge in [0.1, 0.15) is 0 Å². The van der Waals surface area contributed by atoms with Crippen LogP contribution in [-0.4, -0.2) is 44.1 Å². The Morgan fingerprint density at radius 3 is 2.36 bits per heavy atom. The summed E-state index contributed by atoms with van der Waals surface area (Å²) in [5.41, 5.74) is 0. The normalized spacial score (nSPS) is 12.6. The molecule has 0 saturated heterocycles. The van der Waals surface area contributed by atoms with Gasteiger partial charge in [-0.1, -0.05) is 6.58 Å². The zero-order chi connectivity index (χ0) is 10.5. The highest BCUT2D eigenvalue weighted by molar-refractivity contribution is 5.86. The number of carbonyl (C=O) groups excluding carboxylic acids is 1. The highest BCUT2D eigenvalue weighted by Gasteiger charge is 2.17. The Kier molecular flexibility index (Phi) is 7.78. The molecule has 0 aromatic carbocycles. The van der Waals surface area contributed by atoms with E-state index in [0.717, 1.165) is 17.4 Å². The zero-order valence-electron chi connectivity index (χ0n) is 9.51. The number of carbonyl (C=O) groups is 1. The number of rotatable bonds is 5. The van der Waals surface area contributed by atoms with Crippen LogP contribution < -0.4 is 17.7 Å². The van der Waals surface area contributed by atoms with Gasteiger partial charge in [-0.15, -0.1) is 0 Å². The first-order valence-electron chi connectivity index (χ1n) is 4.59. The van der Waals surface area contributed by atoms with Crippen molar-refractivity contribution in [2.45, 2.75) is 19.4 Å². The van der Waals surface area contributed by atoms with Crippen LogP contribution in [0.5, 0.6) is 0 Å².